The topological polar surface area (TPSA) is 38.9 Å². The Morgan fingerprint density at radius 2 is 1.38 bits per heavy atom. The monoisotopic (exact) mass is 334 g/mol. The van der Waals surface area contributed by atoms with Crippen LogP contribution < -0.4 is 5.73 Å². The van der Waals surface area contributed by atoms with Crippen molar-refractivity contribution in [1.82, 2.24) is 4.98 Å². The molecule has 0 spiro atoms. The summed E-state index contributed by atoms with van der Waals surface area (Å²) >= 11 is 0. The summed E-state index contributed by atoms with van der Waals surface area (Å²) in [6.07, 6.45) is 0. The van der Waals surface area contributed by atoms with E-state index in [0.29, 0.717) is 5.82 Å². The van der Waals surface area contributed by atoms with Crippen LogP contribution in [0, 0.1) is 6.92 Å². The van der Waals surface area contributed by atoms with Crippen molar-refractivity contribution < 1.29 is 0 Å². The van der Waals surface area contributed by atoms with Crippen molar-refractivity contribution >= 4 is 38.3 Å². The van der Waals surface area contributed by atoms with Crippen LogP contribution in [-0.2, 0) is 0 Å². The van der Waals surface area contributed by atoms with Crippen molar-refractivity contribution in [2.24, 2.45) is 0 Å². The number of fused-ring (bicyclic) bond motifs is 5. The smallest absolute Gasteiger partial charge is 0.132 e. The van der Waals surface area contributed by atoms with Crippen molar-refractivity contribution in [1.29, 1.82) is 0 Å². The summed E-state index contributed by atoms with van der Waals surface area (Å²) in [6, 6.07) is 27.6. The lowest BCUT2D eigenvalue weighted by Gasteiger charge is -2.14. The molecular weight excluding hydrogens is 316 g/mol. The number of aryl methyl sites for hydroxylation is 1. The zero-order valence-electron chi connectivity index (χ0n) is 14.5. The first kappa shape index (κ1) is 14.9. The Balaban J connectivity index is 2.05. The maximum Gasteiger partial charge on any atom is 0.132 e. The van der Waals surface area contributed by atoms with E-state index in [1.54, 1.807) is 0 Å². The third-order valence-corrected chi connectivity index (χ3v) is 5.09. The molecule has 5 rings (SSSR count). The quantitative estimate of drug-likeness (QED) is 0.376. The first-order chi connectivity index (χ1) is 12.7. The fourth-order valence-corrected chi connectivity index (χ4v) is 3.78. The number of hydrogen-bond donors (Lipinski definition) is 1. The minimum absolute atomic E-state index is 0.583. The van der Waals surface area contributed by atoms with Crippen LogP contribution in [0.15, 0.2) is 78.9 Å². The van der Waals surface area contributed by atoms with Gasteiger partial charge in [-0.05, 0) is 34.9 Å². The van der Waals surface area contributed by atoms with Gasteiger partial charge in [-0.25, -0.2) is 4.98 Å². The lowest BCUT2D eigenvalue weighted by Crippen LogP contribution is -1.95. The predicted molar refractivity (Wildman–Crippen MR) is 111 cm³/mol. The Hall–Kier alpha value is -3.39. The average Bonchev–Trinajstić information content (AvgIpc) is 2.68. The van der Waals surface area contributed by atoms with Crippen LogP contribution in [-0.4, -0.2) is 4.98 Å². The number of nitrogens with two attached hydrogens (primary N) is 1. The molecule has 1 aromatic heterocycles. The van der Waals surface area contributed by atoms with Gasteiger partial charge in [-0.1, -0.05) is 78.4 Å². The Labute approximate surface area is 151 Å². The maximum atomic E-state index is 6.31. The molecule has 0 amide bonds. The molecule has 0 aliphatic heterocycles. The van der Waals surface area contributed by atoms with E-state index in [2.05, 4.69) is 73.7 Å². The molecular formula is C24H18N2. The van der Waals surface area contributed by atoms with Crippen LogP contribution in [0.2, 0.25) is 0 Å². The van der Waals surface area contributed by atoms with Gasteiger partial charge in [0.25, 0.3) is 0 Å². The molecule has 0 unspecified atom stereocenters. The Morgan fingerprint density at radius 1 is 0.731 bits per heavy atom. The Bertz CT molecular complexity index is 1280. The molecule has 0 saturated heterocycles. The molecule has 2 nitrogen and oxygen atoms in total. The molecule has 2 heteroatoms. The normalized spacial score (nSPS) is 11.4. The van der Waals surface area contributed by atoms with E-state index >= 15 is 0 Å². The van der Waals surface area contributed by atoms with Crippen LogP contribution in [0.4, 0.5) is 5.82 Å². The van der Waals surface area contributed by atoms with Crippen LogP contribution in [0.5, 0.6) is 0 Å². The average molecular weight is 334 g/mol. The highest BCUT2D eigenvalue weighted by Gasteiger charge is 2.14. The largest absolute Gasteiger partial charge is 0.383 e. The Morgan fingerprint density at radius 3 is 2.15 bits per heavy atom. The molecule has 5 aromatic rings. The van der Waals surface area contributed by atoms with Gasteiger partial charge in [0.1, 0.15) is 5.82 Å². The Kier molecular flexibility index (Phi) is 3.19. The van der Waals surface area contributed by atoms with Crippen LogP contribution in [0.3, 0.4) is 0 Å². The first-order valence-electron chi connectivity index (χ1n) is 8.79. The number of pyridine rings is 1. The van der Waals surface area contributed by atoms with Crippen molar-refractivity contribution in [3.8, 4) is 11.1 Å². The van der Waals surface area contributed by atoms with Gasteiger partial charge in [0, 0.05) is 16.2 Å². The minimum Gasteiger partial charge on any atom is -0.383 e. The second-order valence-corrected chi connectivity index (χ2v) is 6.78. The molecule has 0 radical (unpaired) electrons. The number of nitrogen functional groups attached to an aromatic ring is 1. The van der Waals surface area contributed by atoms with Crippen LogP contribution in [0.25, 0.3) is 43.6 Å². The summed E-state index contributed by atoms with van der Waals surface area (Å²) in [5.41, 5.74) is 10.9. The minimum atomic E-state index is 0.583. The summed E-state index contributed by atoms with van der Waals surface area (Å²) in [5.74, 6) is 0.583. The van der Waals surface area contributed by atoms with E-state index in [4.69, 9.17) is 10.7 Å². The van der Waals surface area contributed by atoms with Gasteiger partial charge in [-0.3, -0.25) is 0 Å². The molecule has 1 heterocycles. The number of hydrogen-bond acceptors (Lipinski definition) is 2. The van der Waals surface area contributed by atoms with E-state index in [1.165, 1.54) is 22.1 Å². The highest BCUT2D eigenvalue weighted by Crippen LogP contribution is 2.39. The zero-order chi connectivity index (χ0) is 17.7. The van der Waals surface area contributed by atoms with E-state index in [9.17, 15) is 0 Å². The molecule has 26 heavy (non-hydrogen) atoms. The number of rotatable bonds is 1. The van der Waals surface area contributed by atoms with E-state index in [-0.39, 0.29) is 0 Å². The molecule has 124 valence electrons. The maximum absolute atomic E-state index is 6.31. The third-order valence-electron chi connectivity index (χ3n) is 5.09. The molecule has 0 fully saturated rings. The molecule has 0 aliphatic carbocycles. The van der Waals surface area contributed by atoms with Gasteiger partial charge in [-0.2, -0.15) is 0 Å². The van der Waals surface area contributed by atoms with E-state index in [0.717, 1.165) is 27.1 Å². The summed E-state index contributed by atoms with van der Waals surface area (Å²) < 4.78 is 0. The fraction of sp³-hybridized carbons (Fsp3) is 0.0417. The van der Waals surface area contributed by atoms with Crippen molar-refractivity contribution in [3.05, 3.63) is 84.4 Å². The van der Waals surface area contributed by atoms with Gasteiger partial charge in [0.2, 0.25) is 0 Å². The number of anilines is 1. The molecule has 0 atom stereocenters. The summed E-state index contributed by atoms with van der Waals surface area (Å²) in [7, 11) is 0. The van der Waals surface area contributed by atoms with Crippen LogP contribution >= 0.6 is 0 Å². The van der Waals surface area contributed by atoms with Crippen LogP contribution in [0.1, 0.15) is 5.56 Å². The summed E-state index contributed by atoms with van der Waals surface area (Å²) in [5, 5.41) is 5.63. The number of benzene rings is 4. The van der Waals surface area contributed by atoms with E-state index in [1.807, 2.05) is 12.1 Å². The lowest BCUT2D eigenvalue weighted by molar-refractivity contribution is 1.45. The fourth-order valence-electron chi connectivity index (χ4n) is 3.78. The van der Waals surface area contributed by atoms with Crippen molar-refractivity contribution in [2.45, 2.75) is 6.92 Å². The standard InChI is InChI=1S/C24H18N2/c1-15-10-12-16(13-11-15)21-14-17-6-2-3-7-18(17)23-22(21)19-8-4-5-9-20(19)24(25)26-23/h2-14H,1H3,(H2,25,26). The highest BCUT2D eigenvalue weighted by molar-refractivity contribution is 6.22. The van der Waals surface area contributed by atoms with Gasteiger partial charge < -0.3 is 5.73 Å². The predicted octanol–water partition coefficient (Wildman–Crippen LogP) is 6.10. The SMILES string of the molecule is Cc1ccc(-c2cc3ccccc3c3nc(N)c4ccccc4c23)cc1. The molecule has 2 N–H and O–H groups in total. The summed E-state index contributed by atoms with van der Waals surface area (Å²) in [6.45, 7) is 2.11. The zero-order valence-corrected chi connectivity index (χ0v) is 14.5. The number of nitrogens with zero attached hydrogens (tertiary/aromatic N) is 1. The molecule has 0 saturated carbocycles. The second-order valence-electron chi connectivity index (χ2n) is 6.78. The molecule has 4 aromatic carbocycles. The highest BCUT2D eigenvalue weighted by atomic mass is 14.8. The van der Waals surface area contributed by atoms with Crippen molar-refractivity contribution in [2.75, 3.05) is 5.73 Å². The van der Waals surface area contributed by atoms with Crippen molar-refractivity contribution in [3.63, 3.8) is 0 Å². The number of aromatic nitrogens is 1. The van der Waals surface area contributed by atoms with Gasteiger partial charge in [-0.15, -0.1) is 0 Å². The van der Waals surface area contributed by atoms with Gasteiger partial charge in [0.05, 0.1) is 5.52 Å². The third kappa shape index (κ3) is 2.16. The second kappa shape index (κ2) is 5.57. The lowest BCUT2D eigenvalue weighted by atomic mass is 9.92. The summed E-state index contributed by atoms with van der Waals surface area (Å²) in [4.78, 5) is 4.81. The van der Waals surface area contributed by atoms with Gasteiger partial charge >= 0.3 is 0 Å². The molecule has 0 aliphatic rings. The first-order valence-corrected chi connectivity index (χ1v) is 8.79. The molecule has 0 bridgehead atoms. The van der Waals surface area contributed by atoms with Gasteiger partial charge in [0.15, 0.2) is 0 Å². The van der Waals surface area contributed by atoms with E-state index < -0.39 is 0 Å².